The second-order valence-corrected chi connectivity index (χ2v) is 9.19. The number of anilines is 1. The Morgan fingerprint density at radius 3 is 2.41 bits per heavy atom. The van der Waals surface area contributed by atoms with Crippen LogP contribution in [-0.2, 0) is 18.5 Å². The Kier molecular flexibility index (Phi) is 6.06. The van der Waals surface area contributed by atoms with Crippen LogP contribution in [0.5, 0.6) is 0 Å². The van der Waals surface area contributed by atoms with Crippen molar-refractivity contribution in [1.29, 1.82) is 0 Å². The van der Waals surface area contributed by atoms with E-state index in [0.717, 1.165) is 30.4 Å². The molecule has 32 heavy (non-hydrogen) atoms. The summed E-state index contributed by atoms with van der Waals surface area (Å²) in [5.41, 5.74) is -0.502. The second kappa shape index (κ2) is 8.51. The molecule has 0 bridgehead atoms. The zero-order chi connectivity index (χ0) is 23.1. The Morgan fingerprint density at radius 1 is 1.03 bits per heavy atom. The highest BCUT2D eigenvalue weighted by Crippen LogP contribution is 2.34. The molecule has 1 aromatic carbocycles. The number of benzene rings is 1. The van der Waals surface area contributed by atoms with Gasteiger partial charge in [-0.3, -0.25) is 0 Å². The first-order valence-corrected chi connectivity index (χ1v) is 11.0. The summed E-state index contributed by atoms with van der Waals surface area (Å²) in [6, 6.07) is 4.47. The lowest BCUT2D eigenvalue weighted by Crippen LogP contribution is -2.29. The Bertz CT molecular complexity index is 1100. The van der Waals surface area contributed by atoms with E-state index in [0.29, 0.717) is 46.6 Å². The normalized spacial score (nSPS) is 20.0. The van der Waals surface area contributed by atoms with Gasteiger partial charge in [-0.25, -0.2) is 15.0 Å². The van der Waals surface area contributed by atoms with Crippen molar-refractivity contribution in [3.63, 3.8) is 0 Å². The van der Waals surface area contributed by atoms with Gasteiger partial charge in [-0.05, 0) is 49.9 Å². The van der Waals surface area contributed by atoms with Crippen LogP contribution in [0, 0.1) is 0 Å². The molecule has 5 nitrogen and oxygen atoms in total. The summed E-state index contributed by atoms with van der Waals surface area (Å²) in [6.07, 6.45) is -2.16. The molecule has 3 aromatic rings. The van der Waals surface area contributed by atoms with Crippen molar-refractivity contribution in [3.05, 3.63) is 46.2 Å². The second-order valence-electron chi connectivity index (χ2n) is 8.07. The van der Waals surface area contributed by atoms with Crippen LogP contribution < -0.4 is 5.32 Å². The zero-order valence-electron chi connectivity index (χ0n) is 17.1. The van der Waals surface area contributed by atoms with Crippen molar-refractivity contribution in [2.24, 2.45) is 0 Å². The van der Waals surface area contributed by atoms with Gasteiger partial charge in [0, 0.05) is 19.4 Å². The van der Waals surface area contributed by atoms with E-state index in [9.17, 15) is 27.1 Å². The van der Waals surface area contributed by atoms with Gasteiger partial charge >= 0.3 is 6.18 Å². The molecule has 0 saturated heterocycles. The minimum Gasteiger partial charge on any atom is -0.393 e. The number of alkyl halides is 5. The lowest BCUT2D eigenvalue weighted by atomic mass is 9.93. The van der Waals surface area contributed by atoms with E-state index in [2.05, 4.69) is 20.3 Å². The molecule has 11 heteroatoms. The molecular weight excluding hydrogens is 451 g/mol. The SMILES string of the molecule is CC(F)(F)c1cc(Cc2nc3ccc(C(F)(F)F)cc3s2)nc(NC2CCC(O)CC2)n1. The van der Waals surface area contributed by atoms with Crippen LogP contribution in [0.1, 0.15) is 54.6 Å². The van der Waals surface area contributed by atoms with E-state index in [1.165, 1.54) is 12.1 Å². The third-order valence-corrected chi connectivity index (χ3v) is 6.37. The highest BCUT2D eigenvalue weighted by molar-refractivity contribution is 7.18. The first-order chi connectivity index (χ1) is 15.0. The lowest BCUT2D eigenvalue weighted by Gasteiger charge is -2.26. The van der Waals surface area contributed by atoms with Gasteiger partial charge in [0.2, 0.25) is 5.95 Å². The van der Waals surface area contributed by atoms with Crippen molar-refractivity contribution < 1.29 is 27.1 Å². The zero-order valence-corrected chi connectivity index (χ0v) is 17.9. The average molecular weight is 472 g/mol. The van der Waals surface area contributed by atoms with Gasteiger partial charge in [0.1, 0.15) is 5.69 Å². The molecule has 1 fully saturated rings. The van der Waals surface area contributed by atoms with Crippen molar-refractivity contribution >= 4 is 27.5 Å². The molecule has 0 radical (unpaired) electrons. The number of aliphatic hydroxyl groups excluding tert-OH is 1. The summed E-state index contributed by atoms with van der Waals surface area (Å²) in [5, 5.41) is 13.2. The Labute approximate surface area is 184 Å². The molecule has 0 unspecified atom stereocenters. The Hall–Kier alpha value is -2.40. The number of aliphatic hydroxyl groups is 1. The maximum Gasteiger partial charge on any atom is 0.416 e. The van der Waals surface area contributed by atoms with E-state index < -0.39 is 23.4 Å². The predicted molar refractivity (Wildman–Crippen MR) is 111 cm³/mol. The molecule has 0 spiro atoms. The van der Waals surface area contributed by atoms with E-state index in [-0.39, 0.29) is 24.5 Å². The van der Waals surface area contributed by atoms with Gasteiger partial charge in [-0.15, -0.1) is 11.3 Å². The van der Waals surface area contributed by atoms with Crippen molar-refractivity contribution in [3.8, 4) is 0 Å². The smallest absolute Gasteiger partial charge is 0.393 e. The first-order valence-electron chi connectivity index (χ1n) is 10.1. The maximum atomic E-state index is 14.0. The quantitative estimate of drug-likeness (QED) is 0.479. The average Bonchev–Trinajstić information content (AvgIpc) is 3.09. The summed E-state index contributed by atoms with van der Waals surface area (Å²) >= 11 is 1.07. The monoisotopic (exact) mass is 472 g/mol. The molecule has 0 aliphatic heterocycles. The Morgan fingerprint density at radius 2 is 1.75 bits per heavy atom. The molecule has 172 valence electrons. The lowest BCUT2D eigenvalue weighted by molar-refractivity contribution is -0.137. The van der Waals surface area contributed by atoms with Crippen LogP contribution >= 0.6 is 11.3 Å². The minimum atomic E-state index is -4.46. The van der Waals surface area contributed by atoms with Crippen molar-refractivity contribution in [1.82, 2.24) is 15.0 Å². The number of nitrogens with zero attached hydrogens (tertiary/aromatic N) is 3. The van der Waals surface area contributed by atoms with Crippen molar-refractivity contribution in [2.75, 3.05) is 5.32 Å². The molecule has 1 saturated carbocycles. The first kappa shape index (κ1) is 22.8. The Balaban J connectivity index is 1.60. The molecule has 2 N–H and O–H groups in total. The molecular formula is C21H21F5N4OS. The fourth-order valence-electron chi connectivity index (χ4n) is 3.66. The molecule has 0 atom stereocenters. The fourth-order valence-corrected chi connectivity index (χ4v) is 4.68. The third-order valence-electron chi connectivity index (χ3n) is 5.35. The summed E-state index contributed by atoms with van der Waals surface area (Å²) < 4.78 is 67.3. The maximum absolute atomic E-state index is 14.0. The van der Waals surface area contributed by atoms with Gasteiger partial charge in [0.15, 0.2) is 0 Å². The van der Waals surface area contributed by atoms with Gasteiger partial charge in [-0.2, -0.15) is 22.0 Å². The number of hydrogen-bond acceptors (Lipinski definition) is 6. The third kappa shape index (κ3) is 5.32. The minimum absolute atomic E-state index is 0.0322. The summed E-state index contributed by atoms with van der Waals surface area (Å²) in [5.74, 6) is -3.12. The van der Waals surface area contributed by atoms with E-state index >= 15 is 0 Å². The largest absolute Gasteiger partial charge is 0.416 e. The number of rotatable bonds is 5. The fraction of sp³-hybridized carbons (Fsp3) is 0.476. The summed E-state index contributed by atoms with van der Waals surface area (Å²) in [4.78, 5) is 12.6. The van der Waals surface area contributed by atoms with E-state index in [1.807, 2.05) is 0 Å². The molecule has 2 heterocycles. The van der Waals surface area contributed by atoms with Crippen LogP contribution in [0.25, 0.3) is 10.2 Å². The highest BCUT2D eigenvalue weighted by Gasteiger charge is 2.31. The van der Waals surface area contributed by atoms with Gasteiger partial charge in [-0.1, -0.05) is 0 Å². The van der Waals surface area contributed by atoms with Gasteiger partial charge in [0.05, 0.1) is 32.6 Å². The van der Waals surface area contributed by atoms with Crippen LogP contribution in [0.2, 0.25) is 0 Å². The topological polar surface area (TPSA) is 70.9 Å². The van der Waals surface area contributed by atoms with Gasteiger partial charge in [0.25, 0.3) is 5.92 Å². The summed E-state index contributed by atoms with van der Waals surface area (Å²) in [6.45, 7) is 0.746. The van der Waals surface area contributed by atoms with E-state index in [1.54, 1.807) is 0 Å². The van der Waals surface area contributed by atoms with Gasteiger partial charge < -0.3 is 10.4 Å². The van der Waals surface area contributed by atoms with Crippen LogP contribution in [0.3, 0.4) is 0 Å². The highest BCUT2D eigenvalue weighted by atomic mass is 32.1. The molecule has 0 amide bonds. The summed E-state index contributed by atoms with van der Waals surface area (Å²) in [7, 11) is 0. The molecule has 4 rings (SSSR count). The van der Waals surface area contributed by atoms with Crippen LogP contribution in [-0.4, -0.2) is 32.2 Å². The number of hydrogen-bond donors (Lipinski definition) is 2. The molecule has 2 aromatic heterocycles. The van der Waals surface area contributed by atoms with Crippen LogP contribution in [0.4, 0.5) is 27.9 Å². The predicted octanol–water partition coefficient (Wildman–Crippen LogP) is 5.52. The number of aromatic nitrogens is 3. The molecule has 1 aliphatic rings. The number of thiazole rings is 1. The van der Waals surface area contributed by atoms with Crippen molar-refractivity contribution in [2.45, 2.75) is 63.3 Å². The number of fused-ring (bicyclic) bond motifs is 1. The van der Waals surface area contributed by atoms with E-state index in [4.69, 9.17) is 0 Å². The number of nitrogens with one attached hydrogen (secondary N) is 1. The standard InChI is InChI=1S/C21H21F5N4OS/c1-20(22,23)17-9-13(28-19(30-17)27-12-3-5-14(31)6-4-12)10-18-29-15-7-2-11(21(24,25)26)8-16(15)32-18/h2,7-9,12,14,31H,3-6,10H2,1H3,(H,27,28,30). The molecule has 1 aliphatic carbocycles. The van der Waals surface area contributed by atoms with Crippen LogP contribution in [0.15, 0.2) is 24.3 Å². The number of halogens is 5.